The molecule has 0 atom stereocenters. The van der Waals surface area contributed by atoms with E-state index in [0.29, 0.717) is 0 Å². The van der Waals surface area contributed by atoms with Crippen LogP contribution in [-0.2, 0) is 25.7 Å². The van der Waals surface area contributed by atoms with E-state index in [0.717, 1.165) is 72.6 Å². The summed E-state index contributed by atoms with van der Waals surface area (Å²) in [5.74, 6) is 0. The topological polar surface area (TPSA) is 6.48 Å². The van der Waals surface area contributed by atoms with Crippen LogP contribution in [-0.4, -0.2) is 0 Å². The maximum Gasteiger partial charge on any atom is 0.0467 e. The molecule has 12 aromatic rings. The van der Waals surface area contributed by atoms with Crippen LogP contribution in [0.5, 0.6) is 0 Å². The second-order valence-corrected chi connectivity index (χ2v) is 25.6. The molecular weight excluding hydrogens is 1120 g/mol. The monoisotopic (exact) mass is 1210 g/mol. The first-order chi connectivity index (χ1) is 45.6. The highest BCUT2D eigenvalue weighted by molar-refractivity contribution is 5.87. The predicted octanol–water partition coefficient (Wildman–Crippen LogP) is 26.6. The molecule has 0 aliphatic carbocycles. The minimum absolute atomic E-state index is 1.03. The van der Waals surface area contributed by atoms with Gasteiger partial charge in [-0.05, 0) is 244 Å². The average Bonchev–Trinajstić information content (AvgIpc) is 0.898. The van der Waals surface area contributed by atoms with Gasteiger partial charge in [0.25, 0.3) is 0 Å². The third-order valence-corrected chi connectivity index (χ3v) is 19.0. The van der Waals surface area contributed by atoms with Crippen molar-refractivity contribution in [3.8, 4) is 77.9 Å². The summed E-state index contributed by atoms with van der Waals surface area (Å²) in [6, 6.07) is 103. The molecule has 0 fully saturated rings. The van der Waals surface area contributed by atoms with Gasteiger partial charge >= 0.3 is 0 Å². The van der Waals surface area contributed by atoms with Crippen molar-refractivity contribution in [2.75, 3.05) is 9.80 Å². The second kappa shape index (κ2) is 30.1. The number of rotatable bonds is 25. The Bertz CT molecular complexity index is 4380. The summed E-state index contributed by atoms with van der Waals surface area (Å²) in [7, 11) is 0. The van der Waals surface area contributed by atoms with Gasteiger partial charge in [-0.3, -0.25) is 0 Å². The van der Waals surface area contributed by atoms with E-state index in [9.17, 15) is 0 Å². The van der Waals surface area contributed by atoms with Crippen LogP contribution in [0.15, 0.2) is 273 Å². The summed E-state index contributed by atoms with van der Waals surface area (Å²) in [5.41, 5.74) is 33.6. The Kier molecular flexibility index (Phi) is 20.5. The van der Waals surface area contributed by atoms with E-state index >= 15 is 0 Å². The smallest absolute Gasteiger partial charge is 0.0467 e. The lowest BCUT2D eigenvalue weighted by atomic mass is 9.85. The Hall–Kier alpha value is -9.76. The van der Waals surface area contributed by atoms with Gasteiger partial charge in [0, 0.05) is 34.1 Å². The van der Waals surface area contributed by atoms with E-state index in [4.69, 9.17) is 0 Å². The van der Waals surface area contributed by atoms with Crippen LogP contribution in [0.25, 0.3) is 77.9 Å². The number of hydrogen-bond donors (Lipinski definition) is 0. The molecule has 2 nitrogen and oxygen atoms in total. The number of benzene rings is 12. The fraction of sp³-hybridized carbons (Fsp3) is 0.209. The summed E-state index contributed by atoms with van der Waals surface area (Å²) in [5, 5.41) is 0. The third kappa shape index (κ3) is 15.1. The first-order valence-electron chi connectivity index (χ1n) is 34.4. The zero-order chi connectivity index (χ0) is 64.0. The molecule has 0 N–H and O–H groups in total. The molecule has 0 heterocycles. The third-order valence-electron chi connectivity index (χ3n) is 19.0. The quantitative estimate of drug-likeness (QED) is 0.0526. The zero-order valence-electron chi connectivity index (χ0n) is 55.9. The fourth-order valence-corrected chi connectivity index (χ4v) is 13.4. The van der Waals surface area contributed by atoms with E-state index in [2.05, 4.69) is 331 Å². The van der Waals surface area contributed by atoms with Gasteiger partial charge in [0.15, 0.2) is 0 Å². The summed E-state index contributed by atoms with van der Waals surface area (Å²) >= 11 is 0. The molecule has 2 heteroatoms. The summed E-state index contributed by atoms with van der Waals surface area (Å²) in [6.45, 7) is 15.7. The van der Waals surface area contributed by atoms with Gasteiger partial charge in [-0.15, -0.1) is 0 Å². The zero-order valence-corrected chi connectivity index (χ0v) is 55.9. The largest absolute Gasteiger partial charge is 0.310 e. The van der Waals surface area contributed by atoms with Gasteiger partial charge in [-0.25, -0.2) is 0 Å². The molecule has 0 saturated carbocycles. The van der Waals surface area contributed by atoms with Crippen LogP contribution in [0.2, 0.25) is 0 Å². The standard InChI is InChI=1S/C91H90N2/c1-8-12-14-16-20-81-64-91(89-59-58-88(60-67(89)7)93(85-54-44-75(45-55-85)71-36-28-66(6)29-37-71)86-56-48-77(49-57-86)73-40-32-69(11-4)33-41-73)82(21-17-15-13-9-2)63-90(81)80-24-18-22-78(61-80)79-23-19-25-87(62-79)92(83-50-42-74(43-51-83)70-34-26-65(5)27-35-70)84-52-46-76(47-53-84)72-38-30-68(10-3)31-39-72/h18-19,22-64H,8-17,20-21H2,1-7H3. The van der Waals surface area contributed by atoms with Crippen molar-refractivity contribution < 1.29 is 0 Å². The van der Waals surface area contributed by atoms with Crippen LogP contribution >= 0.6 is 0 Å². The van der Waals surface area contributed by atoms with Crippen molar-refractivity contribution in [3.05, 3.63) is 312 Å². The van der Waals surface area contributed by atoms with E-state index in [1.54, 1.807) is 0 Å². The SMILES string of the molecule is CCCCCCc1cc(-c2ccc(N(c3ccc(-c4ccc(C)cc4)cc3)c3ccc(-c4ccc(CC)cc4)cc3)cc2C)c(CCCCCC)cc1-c1cccc(-c2cccc(N(c3ccc(-c4ccc(C)cc4)cc3)c3ccc(-c4ccc(CC)cc4)cc3)c2)c1. The van der Waals surface area contributed by atoms with Crippen molar-refractivity contribution in [2.45, 2.75) is 126 Å². The summed E-state index contributed by atoms with van der Waals surface area (Å²) in [4.78, 5) is 4.84. The summed E-state index contributed by atoms with van der Waals surface area (Å²) in [6.07, 6.45) is 13.8. The Morgan fingerprint density at radius 1 is 0.237 bits per heavy atom. The molecular formula is C91H90N2. The molecule has 0 radical (unpaired) electrons. The van der Waals surface area contributed by atoms with E-state index in [1.807, 2.05) is 0 Å². The van der Waals surface area contributed by atoms with Crippen LogP contribution in [0.4, 0.5) is 34.1 Å². The molecule has 0 aliphatic heterocycles. The van der Waals surface area contributed by atoms with Gasteiger partial charge in [0.05, 0.1) is 0 Å². The average molecular weight is 1210 g/mol. The van der Waals surface area contributed by atoms with Gasteiger partial charge in [0.1, 0.15) is 0 Å². The van der Waals surface area contributed by atoms with Crippen LogP contribution in [0.1, 0.15) is 118 Å². The lowest BCUT2D eigenvalue weighted by Gasteiger charge is -2.27. The minimum atomic E-state index is 1.03. The molecule has 464 valence electrons. The molecule has 0 aliphatic rings. The van der Waals surface area contributed by atoms with Gasteiger partial charge < -0.3 is 9.80 Å². The van der Waals surface area contributed by atoms with Gasteiger partial charge in [-0.1, -0.05) is 271 Å². The molecule has 12 aromatic carbocycles. The number of hydrogen-bond acceptors (Lipinski definition) is 2. The second-order valence-electron chi connectivity index (χ2n) is 25.6. The van der Waals surface area contributed by atoms with Crippen LogP contribution < -0.4 is 9.80 Å². The predicted molar refractivity (Wildman–Crippen MR) is 403 cm³/mol. The normalized spacial score (nSPS) is 11.3. The Balaban J connectivity index is 0.912. The van der Waals surface area contributed by atoms with Crippen molar-refractivity contribution in [3.63, 3.8) is 0 Å². The molecule has 12 rings (SSSR count). The Morgan fingerprint density at radius 3 is 0.968 bits per heavy atom. The number of nitrogens with zero attached hydrogens (tertiary/aromatic N) is 2. The first-order valence-corrected chi connectivity index (χ1v) is 34.4. The first kappa shape index (κ1) is 63.4. The van der Waals surface area contributed by atoms with E-state index in [1.165, 1.54) is 155 Å². The van der Waals surface area contributed by atoms with Crippen molar-refractivity contribution >= 4 is 34.1 Å². The Morgan fingerprint density at radius 2 is 0.570 bits per heavy atom. The highest BCUT2D eigenvalue weighted by atomic mass is 15.1. The van der Waals surface area contributed by atoms with Crippen LogP contribution in [0, 0.1) is 20.8 Å². The number of aryl methyl sites for hydroxylation is 7. The van der Waals surface area contributed by atoms with Crippen LogP contribution in [0.3, 0.4) is 0 Å². The molecule has 0 bridgehead atoms. The molecule has 0 aromatic heterocycles. The molecule has 0 unspecified atom stereocenters. The maximum atomic E-state index is 2.60. The molecule has 93 heavy (non-hydrogen) atoms. The summed E-state index contributed by atoms with van der Waals surface area (Å²) < 4.78 is 0. The maximum absolute atomic E-state index is 2.60. The lowest BCUT2D eigenvalue weighted by Crippen LogP contribution is -2.10. The highest BCUT2D eigenvalue weighted by Gasteiger charge is 2.21. The molecule has 0 spiro atoms. The number of anilines is 6. The van der Waals surface area contributed by atoms with E-state index < -0.39 is 0 Å². The Labute approximate surface area is 556 Å². The highest BCUT2D eigenvalue weighted by Crippen LogP contribution is 2.44. The number of unbranched alkanes of at least 4 members (excludes halogenated alkanes) is 6. The van der Waals surface area contributed by atoms with Crippen molar-refractivity contribution in [1.29, 1.82) is 0 Å². The minimum Gasteiger partial charge on any atom is -0.310 e. The lowest BCUT2D eigenvalue weighted by molar-refractivity contribution is 0.664. The van der Waals surface area contributed by atoms with Gasteiger partial charge in [0.2, 0.25) is 0 Å². The molecule has 0 saturated heterocycles. The van der Waals surface area contributed by atoms with Gasteiger partial charge in [-0.2, -0.15) is 0 Å². The molecule has 0 amide bonds. The van der Waals surface area contributed by atoms with E-state index in [-0.39, 0.29) is 0 Å². The van der Waals surface area contributed by atoms with Crippen molar-refractivity contribution in [1.82, 2.24) is 0 Å². The fourth-order valence-electron chi connectivity index (χ4n) is 13.4. The van der Waals surface area contributed by atoms with Crippen molar-refractivity contribution in [2.24, 2.45) is 0 Å².